The topological polar surface area (TPSA) is 61.9 Å². The number of nitrogens with zero attached hydrogens (tertiary/aromatic N) is 2. The summed E-state index contributed by atoms with van der Waals surface area (Å²) < 4.78 is 5.17. The van der Waals surface area contributed by atoms with Gasteiger partial charge in [0.15, 0.2) is 0 Å². The maximum absolute atomic E-state index is 12.8. The van der Waals surface area contributed by atoms with E-state index in [0.29, 0.717) is 19.5 Å². The van der Waals surface area contributed by atoms with Crippen LogP contribution < -0.4 is 19.9 Å². The zero-order valence-corrected chi connectivity index (χ0v) is 16.9. The smallest absolute Gasteiger partial charge is 0.322 e. The van der Waals surface area contributed by atoms with Crippen molar-refractivity contribution in [3.63, 3.8) is 0 Å². The van der Waals surface area contributed by atoms with Gasteiger partial charge in [0, 0.05) is 30.9 Å². The summed E-state index contributed by atoms with van der Waals surface area (Å²) in [5.41, 5.74) is 4.01. The number of hydrogen-bond donors (Lipinski definition) is 1. The number of methoxy groups -OCH3 is 1. The third-order valence-corrected chi connectivity index (χ3v) is 5.20. The molecule has 2 aromatic rings. The van der Waals surface area contributed by atoms with E-state index < -0.39 is 0 Å². The molecule has 1 aliphatic rings. The fraction of sp³-hybridized carbons (Fsp3) is 0.364. The van der Waals surface area contributed by atoms with E-state index in [9.17, 15) is 9.59 Å². The van der Waals surface area contributed by atoms with E-state index in [4.69, 9.17) is 4.74 Å². The first-order chi connectivity index (χ1) is 13.4. The highest BCUT2D eigenvalue weighted by atomic mass is 16.5. The van der Waals surface area contributed by atoms with Crippen LogP contribution in [0.3, 0.4) is 0 Å². The lowest BCUT2D eigenvalue weighted by molar-refractivity contribution is -0.117. The molecule has 0 aromatic heterocycles. The summed E-state index contributed by atoms with van der Waals surface area (Å²) in [6.45, 7) is 7.01. The number of carbonyl (C=O) groups is 2. The number of aryl methyl sites for hydroxylation is 2. The molecule has 1 aliphatic heterocycles. The fourth-order valence-corrected chi connectivity index (χ4v) is 3.41. The summed E-state index contributed by atoms with van der Waals surface area (Å²) in [6.07, 6.45) is 0.304. The Kier molecular flexibility index (Phi) is 5.87. The lowest BCUT2D eigenvalue weighted by atomic mass is 10.1. The first-order valence-corrected chi connectivity index (χ1v) is 9.52. The van der Waals surface area contributed by atoms with Gasteiger partial charge in [-0.05, 0) is 68.3 Å². The fourth-order valence-electron chi connectivity index (χ4n) is 3.41. The lowest BCUT2D eigenvalue weighted by Gasteiger charge is -2.24. The number of amides is 3. The van der Waals surface area contributed by atoms with E-state index in [1.807, 2.05) is 63.2 Å². The zero-order valence-electron chi connectivity index (χ0n) is 16.9. The number of nitrogens with one attached hydrogen (secondary N) is 1. The Hall–Kier alpha value is -3.02. The van der Waals surface area contributed by atoms with Gasteiger partial charge >= 0.3 is 6.03 Å². The highest BCUT2D eigenvalue weighted by Crippen LogP contribution is 2.25. The molecule has 3 amide bonds. The number of carbonyl (C=O) groups excluding carboxylic acids is 2. The highest BCUT2D eigenvalue weighted by molar-refractivity contribution is 5.98. The second kappa shape index (κ2) is 8.33. The van der Waals surface area contributed by atoms with Gasteiger partial charge in [-0.25, -0.2) is 4.79 Å². The van der Waals surface area contributed by atoms with Gasteiger partial charge in [0.25, 0.3) is 0 Å². The molecule has 0 unspecified atom stereocenters. The monoisotopic (exact) mass is 381 g/mol. The van der Waals surface area contributed by atoms with Gasteiger partial charge in [0.2, 0.25) is 5.91 Å². The minimum absolute atomic E-state index is 0.0287. The highest BCUT2D eigenvalue weighted by Gasteiger charge is 2.32. The van der Waals surface area contributed by atoms with Crippen LogP contribution in [0.1, 0.15) is 24.5 Å². The Morgan fingerprint density at radius 2 is 1.89 bits per heavy atom. The lowest BCUT2D eigenvalue weighted by Crippen LogP contribution is -2.46. The van der Waals surface area contributed by atoms with E-state index >= 15 is 0 Å². The number of ether oxygens (including phenoxy) is 1. The minimum atomic E-state index is -0.214. The number of urea groups is 1. The van der Waals surface area contributed by atoms with Gasteiger partial charge in [0.05, 0.1) is 13.2 Å². The van der Waals surface area contributed by atoms with Gasteiger partial charge < -0.3 is 15.0 Å². The summed E-state index contributed by atoms with van der Waals surface area (Å²) >= 11 is 0. The van der Waals surface area contributed by atoms with E-state index in [1.54, 1.807) is 16.9 Å². The van der Waals surface area contributed by atoms with Crippen LogP contribution in [-0.2, 0) is 4.79 Å². The molecular weight excluding hydrogens is 354 g/mol. The minimum Gasteiger partial charge on any atom is -0.497 e. The molecule has 148 valence electrons. The second-order valence-electron chi connectivity index (χ2n) is 7.07. The molecule has 1 saturated heterocycles. The van der Waals surface area contributed by atoms with Crippen molar-refractivity contribution < 1.29 is 14.3 Å². The molecule has 1 fully saturated rings. The Balaban J connectivity index is 1.67. The van der Waals surface area contributed by atoms with Crippen LogP contribution >= 0.6 is 0 Å². The van der Waals surface area contributed by atoms with Crippen LogP contribution in [0.4, 0.5) is 16.2 Å². The van der Waals surface area contributed by atoms with E-state index in [0.717, 1.165) is 22.7 Å². The van der Waals surface area contributed by atoms with Crippen LogP contribution in [0, 0.1) is 13.8 Å². The normalized spacial score (nSPS) is 16.2. The summed E-state index contributed by atoms with van der Waals surface area (Å²) in [5, 5.41) is 3.01. The molecule has 6 heteroatoms. The van der Waals surface area contributed by atoms with Crippen molar-refractivity contribution >= 4 is 23.3 Å². The van der Waals surface area contributed by atoms with E-state index in [2.05, 4.69) is 5.32 Å². The molecule has 0 saturated carbocycles. The summed E-state index contributed by atoms with van der Waals surface area (Å²) in [4.78, 5) is 28.7. The third kappa shape index (κ3) is 4.11. The van der Waals surface area contributed by atoms with Crippen molar-refractivity contribution in [2.45, 2.75) is 33.2 Å². The Bertz CT molecular complexity index is 864. The van der Waals surface area contributed by atoms with Crippen molar-refractivity contribution in [1.29, 1.82) is 0 Å². The average Bonchev–Trinajstić information content (AvgIpc) is 3.05. The number of rotatable bonds is 5. The quantitative estimate of drug-likeness (QED) is 0.860. The van der Waals surface area contributed by atoms with Crippen LogP contribution in [0.5, 0.6) is 5.75 Å². The summed E-state index contributed by atoms with van der Waals surface area (Å²) in [5.74, 6) is 0.770. The number of anilines is 2. The summed E-state index contributed by atoms with van der Waals surface area (Å²) in [7, 11) is 1.61. The van der Waals surface area contributed by atoms with Crippen LogP contribution in [0.15, 0.2) is 42.5 Å². The van der Waals surface area contributed by atoms with Gasteiger partial charge in [-0.1, -0.05) is 6.07 Å². The first kappa shape index (κ1) is 19.7. The molecule has 0 spiro atoms. The van der Waals surface area contributed by atoms with Crippen molar-refractivity contribution in [2.75, 3.05) is 30.0 Å². The van der Waals surface area contributed by atoms with Gasteiger partial charge in [-0.3, -0.25) is 9.69 Å². The molecule has 1 N–H and O–H groups in total. The van der Waals surface area contributed by atoms with Crippen LogP contribution in [0.2, 0.25) is 0 Å². The Morgan fingerprint density at radius 3 is 2.50 bits per heavy atom. The van der Waals surface area contributed by atoms with Crippen LogP contribution in [0.25, 0.3) is 0 Å². The van der Waals surface area contributed by atoms with Gasteiger partial charge in [-0.15, -0.1) is 0 Å². The average molecular weight is 381 g/mol. The molecule has 28 heavy (non-hydrogen) atoms. The maximum atomic E-state index is 12.8. The number of hydrogen-bond acceptors (Lipinski definition) is 3. The first-order valence-electron chi connectivity index (χ1n) is 9.52. The van der Waals surface area contributed by atoms with E-state index in [1.165, 1.54) is 5.56 Å². The predicted molar refractivity (Wildman–Crippen MR) is 111 cm³/mol. The van der Waals surface area contributed by atoms with Crippen molar-refractivity contribution in [3.8, 4) is 5.75 Å². The molecule has 0 radical (unpaired) electrons. The largest absolute Gasteiger partial charge is 0.497 e. The van der Waals surface area contributed by atoms with Crippen LogP contribution in [-0.4, -0.2) is 38.2 Å². The molecule has 2 aromatic carbocycles. The van der Waals surface area contributed by atoms with Gasteiger partial charge in [-0.2, -0.15) is 0 Å². The molecule has 6 nitrogen and oxygen atoms in total. The molecular formula is C22H27N3O3. The zero-order chi connectivity index (χ0) is 20.3. The molecule has 1 atom stereocenters. The third-order valence-electron chi connectivity index (χ3n) is 5.20. The molecule has 0 bridgehead atoms. The maximum Gasteiger partial charge on any atom is 0.322 e. The second-order valence-corrected chi connectivity index (χ2v) is 7.07. The van der Waals surface area contributed by atoms with Crippen molar-refractivity contribution in [1.82, 2.24) is 5.32 Å². The SMILES string of the molecule is CCN(C(=O)N[C@H]1CC(=O)N(c2ccc(C)c(C)c2)C1)c1ccc(OC)cc1. The predicted octanol–water partition coefficient (Wildman–Crippen LogP) is 3.65. The number of benzene rings is 2. The van der Waals surface area contributed by atoms with Gasteiger partial charge in [0.1, 0.15) is 5.75 Å². The Morgan fingerprint density at radius 1 is 1.18 bits per heavy atom. The van der Waals surface area contributed by atoms with Crippen molar-refractivity contribution in [2.24, 2.45) is 0 Å². The van der Waals surface area contributed by atoms with Crippen molar-refractivity contribution in [3.05, 3.63) is 53.6 Å². The standard InChI is InChI=1S/C22H27N3O3/c1-5-24(18-8-10-20(28-4)11-9-18)22(27)23-17-13-21(26)25(14-17)19-7-6-15(2)16(3)12-19/h6-12,17H,5,13-14H2,1-4H3,(H,23,27)/t17-/m0/s1. The Labute approximate surface area is 166 Å². The molecule has 1 heterocycles. The molecule has 0 aliphatic carbocycles. The van der Waals surface area contributed by atoms with E-state index in [-0.39, 0.29) is 18.0 Å². The molecule has 3 rings (SSSR count). The summed E-state index contributed by atoms with van der Waals surface area (Å²) in [6, 6.07) is 12.9.